The van der Waals surface area contributed by atoms with E-state index in [0.29, 0.717) is 0 Å². The minimum absolute atomic E-state index is 0.463. The first-order valence-electron chi connectivity index (χ1n) is 3.05. The highest BCUT2D eigenvalue weighted by Gasteiger charge is 1.92. The molecule has 0 unspecified atom stereocenters. The average molecular weight is 169 g/mol. The van der Waals surface area contributed by atoms with E-state index in [9.17, 15) is 10.1 Å². The maximum absolute atomic E-state index is 9.90. The zero-order valence-electron chi connectivity index (χ0n) is 5.98. The van der Waals surface area contributed by atoms with Crippen molar-refractivity contribution in [3.05, 3.63) is 38.2 Å². The number of thiophene rings is 1. The molecule has 0 saturated heterocycles. The van der Waals surface area contributed by atoms with E-state index < -0.39 is 4.92 Å². The van der Waals surface area contributed by atoms with Gasteiger partial charge in [-0.2, -0.15) is 0 Å². The molecule has 0 N–H and O–H groups in total. The molecule has 0 saturated carbocycles. The van der Waals surface area contributed by atoms with E-state index in [1.165, 1.54) is 17.4 Å². The standard InChI is InChI=1S/C7H7NO2S/c1-6-4-7(11-5-6)2-3-8(9)10/h2-5H,1H3/b3-2+. The summed E-state index contributed by atoms with van der Waals surface area (Å²) in [6.45, 7) is 1.96. The first-order valence-corrected chi connectivity index (χ1v) is 3.93. The summed E-state index contributed by atoms with van der Waals surface area (Å²) in [4.78, 5) is 10.4. The first-order chi connectivity index (χ1) is 5.18. The smallest absolute Gasteiger partial charge is 0.235 e. The zero-order chi connectivity index (χ0) is 8.27. The SMILES string of the molecule is Cc1csc(/C=C/[N+](=O)[O-])c1. The van der Waals surface area contributed by atoms with Gasteiger partial charge >= 0.3 is 0 Å². The van der Waals surface area contributed by atoms with Gasteiger partial charge in [0, 0.05) is 11.0 Å². The fourth-order valence-electron chi connectivity index (χ4n) is 0.675. The fourth-order valence-corrected chi connectivity index (χ4v) is 1.46. The number of hydrogen-bond acceptors (Lipinski definition) is 3. The van der Waals surface area contributed by atoms with E-state index in [1.54, 1.807) is 0 Å². The molecule has 1 aromatic heterocycles. The highest BCUT2D eigenvalue weighted by Crippen LogP contribution is 2.14. The second-order valence-corrected chi connectivity index (χ2v) is 3.07. The third kappa shape index (κ3) is 2.51. The highest BCUT2D eigenvalue weighted by atomic mass is 32.1. The molecular formula is C7H7NO2S. The maximum atomic E-state index is 9.90. The zero-order valence-corrected chi connectivity index (χ0v) is 6.80. The van der Waals surface area contributed by atoms with Crippen LogP contribution in [0, 0.1) is 17.0 Å². The Morgan fingerprint density at radius 2 is 2.45 bits per heavy atom. The van der Waals surface area contributed by atoms with Crippen molar-refractivity contribution in [3.8, 4) is 0 Å². The lowest BCUT2D eigenvalue weighted by atomic mass is 10.3. The molecule has 0 aliphatic heterocycles. The predicted octanol–water partition coefficient (Wildman–Crippen LogP) is 2.30. The van der Waals surface area contributed by atoms with Crippen LogP contribution in [0.15, 0.2) is 17.6 Å². The molecule has 4 heteroatoms. The van der Waals surface area contributed by atoms with E-state index in [2.05, 4.69) is 0 Å². The molecule has 0 spiro atoms. The van der Waals surface area contributed by atoms with Gasteiger partial charge in [0.1, 0.15) is 0 Å². The number of nitro groups is 1. The van der Waals surface area contributed by atoms with Crippen LogP contribution in [0.4, 0.5) is 0 Å². The second kappa shape index (κ2) is 3.30. The van der Waals surface area contributed by atoms with Crippen LogP contribution < -0.4 is 0 Å². The minimum Gasteiger partial charge on any atom is -0.259 e. The van der Waals surface area contributed by atoms with Crippen LogP contribution >= 0.6 is 11.3 Å². The molecular weight excluding hydrogens is 162 g/mol. The Balaban J connectivity index is 2.71. The van der Waals surface area contributed by atoms with Crippen LogP contribution in [0.25, 0.3) is 6.08 Å². The number of rotatable bonds is 2. The highest BCUT2D eigenvalue weighted by molar-refractivity contribution is 7.11. The number of hydrogen-bond donors (Lipinski definition) is 0. The Kier molecular flexibility index (Phi) is 2.38. The van der Waals surface area contributed by atoms with Gasteiger partial charge in [0.05, 0.1) is 4.92 Å². The molecule has 11 heavy (non-hydrogen) atoms. The van der Waals surface area contributed by atoms with Gasteiger partial charge in [0.2, 0.25) is 6.20 Å². The van der Waals surface area contributed by atoms with Crippen molar-refractivity contribution >= 4 is 17.4 Å². The van der Waals surface area contributed by atoms with Crippen LogP contribution in [0.2, 0.25) is 0 Å². The monoisotopic (exact) mass is 169 g/mol. The molecule has 3 nitrogen and oxygen atoms in total. The lowest BCUT2D eigenvalue weighted by molar-refractivity contribution is -0.400. The number of aryl methyl sites for hydroxylation is 1. The normalized spacial score (nSPS) is 10.6. The Morgan fingerprint density at radius 1 is 1.73 bits per heavy atom. The first kappa shape index (κ1) is 7.94. The molecule has 0 fully saturated rings. The number of nitrogens with zero attached hydrogens (tertiary/aromatic N) is 1. The Hall–Kier alpha value is -1.16. The summed E-state index contributed by atoms with van der Waals surface area (Å²) in [7, 11) is 0. The van der Waals surface area contributed by atoms with Gasteiger partial charge in [-0.25, -0.2) is 0 Å². The van der Waals surface area contributed by atoms with Crippen molar-refractivity contribution in [3.63, 3.8) is 0 Å². The summed E-state index contributed by atoms with van der Waals surface area (Å²) < 4.78 is 0. The van der Waals surface area contributed by atoms with Crippen molar-refractivity contribution in [2.75, 3.05) is 0 Å². The van der Waals surface area contributed by atoms with Gasteiger partial charge in [-0.1, -0.05) is 0 Å². The van der Waals surface area contributed by atoms with E-state index in [0.717, 1.165) is 16.6 Å². The van der Waals surface area contributed by atoms with Crippen molar-refractivity contribution in [2.45, 2.75) is 6.92 Å². The van der Waals surface area contributed by atoms with E-state index in [-0.39, 0.29) is 0 Å². The van der Waals surface area contributed by atoms with Crippen LogP contribution in [-0.2, 0) is 0 Å². The third-order valence-corrected chi connectivity index (χ3v) is 2.13. The van der Waals surface area contributed by atoms with Crippen molar-refractivity contribution in [2.24, 2.45) is 0 Å². The van der Waals surface area contributed by atoms with Crippen LogP contribution in [-0.4, -0.2) is 4.92 Å². The van der Waals surface area contributed by atoms with Crippen molar-refractivity contribution in [1.82, 2.24) is 0 Å². The fraction of sp³-hybridized carbons (Fsp3) is 0.143. The average Bonchev–Trinajstić information content (AvgIpc) is 2.31. The summed E-state index contributed by atoms with van der Waals surface area (Å²) >= 11 is 1.50. The molecule has 1 heterocycles. The van der Waals surface area contributed by atoms with Gasteiger partial charge in [0.15, 0.2) is 0 Å². The molecule has 58 valence electrons. The van der Waals surface area contributed by atoms with Crippen LogP contribution in [0.5, 0.6) is 0 Å². The van der Waals surface area contributed by atoms with E-state index in [1.807, 2.05) is 18.4 Å². The molecule has 0 aliphatic carbocycles. The van der Waals surface area contributed by atoms with Gasteiger partial charge < -0.3 is 0 Å². The van der Waals surface area contributed by atoms with Crippen molar-refractivity contribution < 1.29 is 4.92 Å². The van der Waals surface area contributed by atoms with Crippen LogP contribution in [0.3, 0.4) is 0 Å². The van der Waals surface area contributed by atoms with E-state index in [4.69, 9.17) is 0 Å². The lowest BCUT2D eigenvalue weighted by Gasteiger charge is -1.78. The second-order valence-electron chi connectivity index (χ2n) is 2.13. The quantitative estimate of drug-likeness (QED) is 0.503. The van der Waals surface area contributed by atoms with Crippen LogP contribution in [0.1, 0.15) is 10.4 Å². The summed E-state index contributed by atoms with van der Waals surface area (Å²) in [5, 5.41) is 11.9. The molecule has 1 aromatic rings. The Morgan fingerprint density at radius 3 is 2.91 bits per heavy atom. The minimum atomic E-state index is -0.463. The topological polar surface area (TPSA) is 43.1 Å². The molecule has 0 bridgehead atoms. The van der Waals surface area contributed by atoms with Gasteiger partial charge in [-0.15, -0.1) is 11.3 Å². The Labute approximate surface area is 68.1 Å². The van der Waals surface area contributed by atoms with Gasteiger partial charge in [-0.05, 0) is 23.9 Å². The Bertz CT molecular complexity index is 290. The largest absolute Gasteiger partial charge is 0.259 e. The van der Waals surface area contributed by atoms with Gasteiger partial charge in [0.25, 0.3) is 0 Å². The van der Waals surface area contributed by atoms with Gasteiger partial charge in [-0.3, -0.25) is 10.1 Å². The molecule has 1 rings (SSSR count). The third-order valence-electron chi connectivity index (χ3n) is 1.11. The lowest BCUT2D eigenvalue weighted by Crippen LogP contribution is -1.80. The maximum Gasteiger partial charge on any atom is 0.235 e. The summed E-state index contributed by atoms with van der Waals surface area (Å²) in [6.07, 6.45) is 2.45. The predicted molar refractivity (Wildman–Crippen MR) is 45.1 cm³/mol. The molecule has 0 aliphatic rings. The molecule has 0 atom stereocenters. The molecule has 0 aromatic carbocycles. The summed E-state index contributed by atoms with van der Waals surface area (Å²) in [6, 6.07) is 1.91. The molecule has 0 amide bonds. The molecule has 0 radical (unpaired) electrons. The van der Waals surface area contributed by atoms with E-state index >= 15 is 0 Å². The van der Waals surface area contributed by atoms with Crippen molar-refractivity contribution in [1.29, 1.82) is 0 Å². The summed E-state index contributed by atoms with van der Waals surface area (Å²) in [5.74, 6) is 0. The summed E-state index contributed by atoms with van der Waals surface area (Å²) in [5.41, 5.74) is 1.14.